The van der Waals surface area contributed by atoms with Crippen LogP contribution >= 0.6 is 11.1 Å². The van der Waals surface area contributed by atoms with Crippen LogP contribution in [0.3, 0.4) is 0 Å². The predicted molar refractivity (Wildman–Crippen MR) is 66.4 cm³/mol. The lowest BCUT2D eigenvalue weighted by molar-refractivity contribution is 0.519. The Hall–Kier alpha value is -0.313. The Morgan fingerprint density at radius 2 is 1.64 bits per heavy atom. The third-order valence-corrected chi connectivity index (χ3v) is 5.50. The molecule has 0 saturated heterocycles. The van der Waals surface area contributed by atoms with E-state index in [4.69, 9.17) is 11.1 Å². The molecule has 14 heavy (non-hydrogen) atoms. The van der Waals surface area contributed by atoms with Gasteiger partial charge in [-0.2, -0.15) is 0 Å². The molecule has 1 aromatic carbocycles. The third-order valence-electron chi connectivity index (χ3n) is 1.93. The van der Waals surface area contributed by atoms with Gasteiger partial charge in [0.1, 0.15) is 0 Å². The summed E-state index contributed by atoms with van der Waals surface area (Å²) in [5.41, 5.74) is 0.0680. The van der Waals surface area contributed by atoms with E-state index in [-0.39, 0.29) is 5.54 Å². The van der Waals surface area contributed by atoms with Crippen LogP contribution in [0.4, 0.5) is 0 Å². The monoisotopic (exact) mass is 227 g/mol. The molecule has 0 aliphatic heterocycles. The van der Waals surface area contributed by atoms with Crippen LogP contribution in [-0.2, 0) is 0 Å². The minimum absolute atomic E-state index is 0.0680. The van der Waals surface area contributed by atoms with Crippen LogP contribution in [0.1, 0.15) is 20.8 Å². The number of benzene rings is 1. The Labute approximate surface area is 92.3 Å². The van der Waals surface area contributed by atoms with E-state index in [0.29, 0.717) is 0 Å². The van der Waals surface area contributed by atoms with Crippen molar-refractivity contribution in [3.05, 3.63) is 30.3 Å². The summed E-state index contributed by atoms with van der Waals surface area (Å²) in [7, 11) is -1.99. The van der Waals surface area contributed by atoms with Gasteiger partial charge in [0.25, 0.3) is 7.55 Å². The van der Waals surface area contributed by atoms with Crippen LogP contribution in [0, 0.1) is 0 Å². The molecular weight excluding hydrogens is 210 g/mol. The summed E-state index contributed by atoms with van der Waals surface area (Å²) in [6.07, 6.45) is 0. The summed E-state index contributed by atoms with van der Waals surface area (Å²) in [5.74, 6) is 0. The summed E-state index contributed by atoms with van der Waals surface area (Å²) < 4.78 is 0. The van der Waals surface area contributed by atoms with E-state index in [9.17, 15) is 0 Å². The zero-order valence-electron chi connectivity index (χ0n) is 9.26. The van der Waals surface area contributed by atoms with Gasteiger partial charge in [0, 0.05) is 5.54 Å². The molecule has 1 rings (SSSR count). The number of halogens is 1. The highest BCUT2D eigenvalue weighted by atomic mass is 35.6. The molecule has 1 aromatic rings. The fraction of sp³-hybridized carbons (Fsp3) is 0.455. The highest BCUT2D eigenvalue weighted by Gasteiger charge is 2.31. The van der Waals surface area contributed by atoms with E-state index in [1.54, 1.807) is 0 Å². The minimum Gasteiger partial charge on any atom is -0.317 e. The first-order chi connectivity index (χ1) is 6.31. The van der Waals surface area contributed by atoms with Gasteiger partial charge in [0.15, 0.2) is 0 Å². The molecule has 1 nitrogen and oxygen atoms in total. The Morgan fingerprint density at radius 3 is 2.07 bits per heavy atom. The van der Waals surface area contributed by atoms with Crippen LogP contribution in [-0.4, -0.2) is 13.1 Å². The number of hydrogen-bond acceptors (Lipinski definition) is 1. The van der Waals surface area contributed by atoms with Crippen molar-refractivity contribution in [3.8, 4) is 0 Å². The van der Waals surface area contributed by atoms with Crippen molar-refractivity contribution in [1.82, 2.24) is 4.98 Å². The molecule has 0 heterocycles. The lowest BCUT2D eigenvalue weighted by Gasteiger charge is -2.31. The lowest BCUT2D eigenvalue weighted by atomic mass is 10.1. The summed E-state index contributed by atoms with van der Waals surface area (Å²) in [4.78, 5) is 3.52. The fourth-order valence-corrected chi connectivity index (χ4v) is 5.13. The molecule has 0 aliphatic rings. The second-order valence-electron chi connectivity index (χ2n) is 4.74. The van der Waals surface area contributed by atoms with E-state index >= 15 is 0 Å². The molecule has 0 bridgehead atoms. The van der Waals surface area contributed by atoms with Crippen molar-refractivity contribution >= 4 is 23.8 Å². The molecule has 1 unspecified atom stereocenters. The first kappa shape index (κ1) is 11.8. The highest BCUT2D eigenvalue weighted by Crippen LogP contribution is 2.11. The molecule has 0 radical (unpaired) electrons. The molecule has 78 valence electrons. The van der Waals surface area contributed by atoms with E-state index in [1.807, 2.05) is 18.2 Å². The number of hydrogen-bond donors (Lipinski definition) is 1. The van der Waals surface area contributed by atoms with Gasteiger partial charge in [-0.3, -0.25) is 0 Å². The van der Waals surface area contributed by atoms with Gasteiger partial charge in [-0.15, -0.1) is 11.1 Å². The summed E-state index contributed by atoms with van der Waals surface area (Å²) in [6, 6.07) is 10.3. The molecule has 0 aromatic heterocycles. The predicted octanol–water partition coefficient (Wildman–Crippen LogP) is 2.59. The molecule has 0 fully saturated rings. The third kappa shape index (κ3) is 3.44. The fourth-order valence-electron chi connectivity index (χ4n) is 1.53. The van der Waals surface area contributed by atoms with Crippen LogP contribution in [0.2, 0.25) is 6.55 Å². The Balaban J connectivity index is 2.86. The summed E-state index contributed by atoms with van der Waals surface area (Å²) in [6.45, 7) is 8.55. The van der Waals surface area contributed by atoms with Crippen molar-refractivity contribution in [1.29, 1.82) is 0 Å². The van der Waals surface area contributed by atoms with Crippen molar-refractivity contribution in [2.24, 2.45) is 0 Å². The van der Waals surface area contributed by atoms with Gasteiger partial charge in [-0.1, -0.05) is 30.3 Å². The first-order valence-electron chi connectivity index (χ1n) is 4.85. The Kier molecular flexibility index (Phi) is 3.40. The van der Waals surface area contributed by atoms with Crippen molar-refractivity contribution in [3.63, 3.8) is 0 Å². The molecule has 0 amide bonds. The topological polar surface area (TPSA) is 12.0 Å². The second kappa shape index (κ2) is 4.05. The smallest absolute Gasteiger partial charge is 0.255 e. The van der Waals surface area contributed by atoms with Crippen LogP contribution in [0.5, 0.6) is 0 Å². The average Bonchev–Trinajstić information content (AvgIpc) is 2.01. The normalized spacial score (nSPS) is 16.4. The van der Waals surface area contributed by atoms with Crippen molar-refractivity contribution in [2.45, 2.75) is 32.9 Å². The molecular formula is C11H18ClNSi. The summed E-state index contributed by atoms with van der Waals surface area (Å²) >= 11 is 6.57. The maximum Gasteiger partial charge on any atom is 0.255 e. The standard InChI is InChI=1S/C11H18ClNSi/c1-11(2,3)13-14(4,12)10-8-6-5-7-9-10/h5-9,13H,1-4H3. The average molecular weight is 228 g/mol. The van der Waals surface area contributed by atoms with Gasteiger partial charge in [0.2, 0.25) is 0 Å². The van der Waals surface area contributed by atoms with Gasteiger partial charge in [-0.25, -0.2) is 0 Å². The maximum absolute atomic E-state index is 6.57. The van der Waals surface area contributed by atoms with Gasteiger partial charge in [-0.05, 0) is 32.5 Å². The van der Waals surface area contributed by atoms with Crippen LogP contribution < -0.4 is 10.2 Å². The Bertz CT molecular complexity index is 290. The SMILES string of the molecule is CC(C)(C)N[Si](C)(Cl)c1ccccc1. The zero-order chi connectivity index (χ0) is 10.8. The first-order valence-corrected chi connectivity index (χ1v) is 8.36. The largest absolute Gasteiger partial charge is 0.317 e. The van der Waals surface area contributed by atoms with Crippen molar-refractivity contribution in [2.75, 3.05) is 0 Å². The van der Waals surface area contributed by atoms with Crippen LogP contribution in [0.15, 0.2) is 30.3 Å². The second-order valence-corrected chi connectivity index (χ2v) is 9.85. The molecule has 3 heteroatoms. The zero-order valence-corrected chi connectivity index (χ0v) is 11.0. The quantitative estimate of drug-likeness (QED) is 0.605. The molecule has 0 aliphatic carbocycles. The molecule has 1 atom stereocenters. The van der Waals surface area contributed by atoms with Gasteiger partial charge >= 0.3 is 0 Å². The van der Waals surface area contributed by atoms with E-state index in [0.717, 1.165) is 0 Å². The maximum atomic E-state index is 6.57. The van der Waals surface area contributed by atoms with Crippen LogP contribution in [0.25, 0.3) is 0 Å². The van der Waals surface area contributed by atoms with E-state index in [1.165, 1.54) is 5.19 Å². The van der Waals surface area contributed by atoms with Crippen molar-refractivity contribution < 1.29 is 0 Å². The minimum atomic E-state index is -1.99. The lowest BCUT2D eigenvalue weighted by Crippen LogP contribution is -2.60. The molecule has 0 spiro atoms. The molecule has 0 saturated carbocycles. The van der Waals surface area contributed by atoms with E-state index in [2.05, 4.69) is 44.4 Å². The summed E-state index contributed by atoms with van der Waals surface area (Å²) in [5, 5.41) is 1.23. The number of rotatable bonds is 2. The van der Waals surface area contributed by atoms with E-state index < -0.39 is 7.55 Å². The molecule has 1 N–H and O–H groups in total. The number of nitrogens with one attached hydrogen (secondary N) is 1. The Morgan fingerprint density at radius 1 is 1.14 bits per heavy atom. The van der Waals surface area contributed by atoms with Gasteiger partial charge in [0.05, 0.1) is 0 Å². The highest BCUT2D eigenvalue weighted by molar-refractivity contribution is 7.25. The van der Waals surface area contributed by atoms with Gasteiger partial charge < -0.3 is 4.98 Å².